The van der Waals surface area contributed by atoms with Crippen molar-refractivity contribution in [3.05, 3.63) is 29.8 Å². The molecule has 0 saturated carbocycles. The molecule has 0 amide bonds. The molecule has 2 unspecified atom stereocenters. The zero-order chi connectivity index (χ0) is 17.4. The van der Waals surface area contributed by atoms with E-state index in [0.717, 1.165) is 49.7 Å². The minimum Gasteiger partial charge on any atom is -0.383 e. The fourth-order valence-electron chi connectivity index (χ4n) is 3.39. The summed E-state index contributed by atoms with van der Waals surface area (Å²) in [5.41, 5.74) is 2.38. The molecule has 1 aromatic rings. The monoisotopic (exact) mass is 332 g/mol. The van der Waals surface area contributed by atoms with E-state index in [1.54, 1.807) is 7.11 Å². The van der Waals surface area contributed by atoms with Gasteiger partial charge in [0.2, 0.25) is 0 Å². The van der Waals surface area contributed by atoms with Crippen LogP contribution in [0.1, 0.15) is 25.8 Å². The van der Waals surface area contributed by atoms with Crippen molar-refractivity contribution in [1.29, 1.82) is 0 Å². The van der Waals surface area contributed by atoms with Crippen LogP contribution in [-0.2, 0) is 11.3 Å². The van der Waals surface area contributed by atoms with Gasteiger partial charge in [-0.2, -0.15) is 0 Å². The van der Waals surface area contributed by atoms with Gasteiger partial charge in [-0.3, -0.25) is 4.99 Å². The lowest BCUT2D eigenvalue weighted by molar-refractivity contribution is 0.208. The third kappa shape index (κ3) is 5.71. The number of rotatable bonds is 6. The van der Waals surface area contributed by atoms with Gasteiger partial charge in [-0.05, 0) is 36.0 Å². The number of hydrogen-bond donors (Lipinski definition) is 2. The third-order valence-corrected chi connectivity index (χ3v) is 4.42. The van der Waals surface area contributed by atoms with E-state index in [4.69, 9.17) is 4.74 Å². The van der Waals surface area contributed by atoms with Crippen LogP contribution in [0.5, 0.6) is 0 Å². The number of hydrogen-bond acceptors (Lipinski definition) is 3. The minimum absolute atomic E-state index is 0.715. The van der Waals surface area contributed by atoms with Crippen molar-refractivity contribution in [2.45, 2.75) is 26.8 Å². The molecule has 1 saturated heterocycles. The zero-order valence-corrected chi connectivity index (χ0v) is 15.5. The minimum atomic E-state index is 0.715. The van der Waals surface area contributed by atoms with Crippen LogP contribution in [0.2, 0.25) is 0 Å². The average molecular weight is 332 g/mol. The number of nitrogens with one attached hydrogen (secondary N) is 2. The molecule has 0 spiro atoms. The molecular formula is C19H32N4O. The first-order valence-electron chi connectivity index (χ1n) is 8.89. The number of likely N-dealkylation sites (tertiary alicyclic amines) is 1. The second-order valence-electron chi connectivity index (χ2n) is 6.87. The molecule has 2 rings (SSSR count). The highest BCUT2D eigenvalue weighted by atomic mass is 16.5. The van der Waals surface area contributed by atoms with Crippen molar-refractivity contribution >= 4 is 11.6 Å². The largest absolute Gasteiger partial charge is 0.383 e. The molecule has 0 aliphatic carbocycles. The second kappa shape index (κ2) is 9.52. The van der Waals surface area contributed by atoms with Crippen LogP contribution < -0.4 is 10.6 Å². The van der Waals surface area contributed by atoms with Crippen molar-refractivity contribution in [2.75, 3.05) is 45.7 Å². The lowest BCUT2D eigenvalue weighted by atomic mass is 9.92. The Labute approximate surface area is 146 Å². The van der Waals surface area contributed by atoms with E-state index in [0.29, 0.717) is 6.61 Å². The van der Waals surface area contributed by atoms with E-state index >= 15 is 0 Å². The molecule has 2 atom stereocenters. The van der Waals surface area contributed by atoms with Crippen molar-refractivity contribution in [3.8, 4) is 0 Å². The highest BCUT2D eigenvalue weighted by molar-refractivity contribution is 5.80. The Bertz CT molecular complexity index is 505. The van der Waals surface area contributed by atoms with Gasteiger partial charge in [0.1, 0.15) is 0 Å². The van der Waals surface area contributed by atoms with Crippen LogP contribution >= 0.6 is 0 Å². The number of aliphatic imine (C=N–C) groups is 1. The number of nitrogens with zero attached hydrogens (tertiary/aromatic N) is 2. The number of methoxy groups -OCH3 is 1. The Kier molecular flexibility index (Phi) is 7.37. The van der Waals surface area contributed by atoms with Gasteiger partial charge in [0.15, 0.2) is 5.96 Å². The molecule has 1 fully saturated rings. The Morgan fingerprint density at radius 1 is 1.21 bits per heavy atom. The predicted octanol–water partition coefficient (Wildman–Crippen LogP) is 2.80. The first kappa shape index (κ1) is 18.6. The smallest absolute Gasteiger partial charge is 0.193 e. The molecule has 5 nitrogen and oxygen atoms in total. The highest BCUT2D eigenvalue weighted by Crippen LogP contribution is 2.21. The molecule has 24 heavy (non-hydrogen) atoms. The molecule has 1 aromatic carbocycles. The van der Waals surface area contributed by atoms with Gasteiger partial charge in [-0.1, -0.05) is 26.0 Å². The molecule has 0 radical (unpaired) electrons. The first-order valence-corrected chi connectivity index (χ1v) is 8.89. The van der Waals surface area contributed by atoms with E-state index in [1.165, 1.54) is 12.0 Å². The topological polar surface area (TPSA) is 48.9 Å². The Morgan fingerprint density at radius 3 is 2.46 bits per heavy atom. The molecule has 1 aliphatic heterocycles. The summed E-state index contributed by atoms with van der Waals surface area (Å²) in [6.07, 6.45) is 1.31. The standard InChI is InChI=1S/C19H32N4O/c1-15-11-16(2)14-23(13-15)19(20-3)22-12-17-5-7-18(8-6-17)21-9-10-24-4/h5-8,15-16,21H,9-14H2,1-4H3,(H,20,22). The Morgan fingerprint density at radius 2 is 1.88 bits per heavy atom. The number of guanidine groups is 1. The molecule has 134 valence electrons. The second-order valence-corrected chi connectivity index (χ2v) is 6.87. The number of anilines is 1. The lowest BCUT2D eigenvalue weighted by Crippen LogP contribution is -2.48. The number of ether oxygens (including phenoxy) is 1. The van der Waals surface area contributed by atoms with Crippen LogP contribution in [0.3, 0.4) is 0 Å². The van der Waals surface area contributed by atoms with Gasteiger partial charge in [0.05, 0.1) is 6.61 Å². The highest BCUT2D eigenvalue weighted by Gasteiger charge is 2.23. The summed E-state index contributed by atoms with van der Waals surface area (Å²) >= 11 is 0. The summed E-state index contributed by atoms with van der Waals surface area (Å²) in [6, 6.07) is 8.52. The molecule has 1 aliphatic rings. The summed E-state index contributed by atoms with van der Waals surface area (Å²) in [7, 11) is 3.59. The molecule has 5 heteroatoms. The van der Waals surface area contributed by atoms with E-state index in [-0.39, 0.29) is 0 Å². The van der Waals surface area contributed by atoms with E-state index in [1.807, 2.05) is 7.05 Å². The summed E-state index contributed by atoms with van der Waals surface area (Å²) in [5.74, 6) is 2.46. The summed E-state index contributed by atoms with van der Waals surface area (Å²) < 4.78 is 5.05. The molecule has 2 N–H and O–H groups in total. The SMILES string of the molecule is CN=C(NCc1ccc(NCCOC)cc1)N1CC(C)CC(C)C1. The van der Waals surface area contributed by atoms with Crippen molar-refractivity contribution in [2.24, 2.45) is 16.8 Å². The first-order chi connectivity index (χ1) is 11.6. The van der Waals surface area contributed by atoms with E-state index in [2.05, 4.69) is 58.6 Å². The molecule has 0 aromatic heterocycles. The average Bonchev–Trinajstić information content (AvgIpc) is 2.56. The lowest BCUT2D eigenvalue weighted by Gasteiger charge is -2.37. The maximum atomic E-state index is 5.05. The van der Waals surface area contributed by atoms with E-state index in [9.17, 15) is 0 Å². The van der Waals surface area contributed by atoms with Crippen LogP contribution in [0.25, 0.3) is 0 Å². The van der Waals surface area contributed by atoms with Gasteiger partial charge >= 0.3 is 0 Å². The van der Waals surface area contributed by atoms with Gasteiger partial charge in [0.25, 0.3) is 0 Å². The van der Waals surface area contributed by atoms with Crippen molar-refractivity contribution < 1.29 is 4.74 Å². The quantitative estimate of drug-likeness (QED) is 0.478. The maximum Gasteiger partial charge on any atom is 0.193 e. The Balaban J connectivity index is 1.84. The number of benzene rings is 1. The summed E-state index contributed by atoms with van der Waals surface area (Å²) in [4.78, 5) is 6.86. The fourth-order valence-corrected chi connectivity index (χ4v) is 3.39. The maximum absolute atomic E-state index is 5.05. The van der Waals surface area contributed by atoms with Gasteiger partial charge in [0, 0.05) is 46.0 Å². The predicted molar refractivity (Wildman–Crippen MR) is 102 cm³/mol. The van der Waals surface area contributed by atoms with Gasteiger partial charge in [-0.25, -0.2) is 0 Å². The Hall–Kier alpha value is -1.75. The van der Waals surface area contributed by atoms with Crippen molar-refractivity contribution in [3.63, 3.8) is 0 Å². The van der Waals surface area contributed by atoms with Crippen molar-refractivity contribution in [1.82, 2.24) is 10.2 Å². The van der Waals surface area contributed by atoms with Gasteiger partial charge in [-0.15, -0.1) is 0 Å². The molecule has 1 heterocycles. The van der Waals surface area contributed by atoms with Crippen LogP contribution in [-0.4, -0.2) is 51.3 Å². The summed E-state index contributed by atoms with van der Waals surface area (Å²) in [6.45, 7) is 9.16. The van der Waals surface area contributed by atoms with Gasteiger partial charge < -0.3 is 20.3 Å². The fraction of sp³-hybridized carbons (Fsp3) is 0.632. The third-order valence-electron chi connectivity index (χ3n) is 4.42. The van der Waals surface area contributed by atoms with Crippen LogP contribution in [0, 0.1) is 11.8 Å². The zero-order valence-electron chi connectivity index (χ0n) is 15.5. The molecule has 0 bridgehead atoms. The normalized spacial score (nSPS) is 21.7. The van der Waals surface area contributed by atoms with Crippen LogP contribution in [0.4, 0.5) is 5.69 Å². The summed E-state index contributed by atoms with van der Waals surface area (Å²) in [5, 5.41) is 6.84. The molecular weight excluding hydrogens is 300 g/mol. The number of piperidine rings is 1. The van der Waals surface area contributed by atoms with Crippen LogP contribution in [0.15, 0.2) is 29.3 Å². The van der Waals surface area contributed by atoms with E-state index < -0.39 is 0 Å².